The Morgan fingerprint density at radius 1 is 1.11 bits per heavy atom. The number of aromatic amines is 1. The van der Waals surface area contributed by atoms with E-state index < -0.39 is 18.0 Å². The summed E-state index contributed by atoms with van der Waals surface area (Å²) in [6.45, 7) is -0.0681. The van der Waals surface area contributed by atoms with Gasteiger partial charge in [0.2, 0.25) is 0 Å². The van der Waals surface area contributed by atoms with Gasteiger partial charge >= 0.3 is 6.36 Å². The maximum atomic E-state index is 12.5. The number of hydrogen-bond donors (Lipinski definition) is 2. The number of rotatable bonds is 6. The summed E-state index contributed by atoms with van der Waals surface area (Å²) in [6, 6.07) is 12.2. The van der Waals surface area contributed by atoms with Crippen LogP contribution in [0.15, 0.2) is 48.5 Å². The third kappa shape index (κ3) is 4.58. The lowest BCUT2D eigenvalue weighted by Crippen LogP contribution is -2.26. The number of halogens is 3. The lowest BCUT2D eigenvalue weighted by Gasteiger charge is -2.12. The molecule has 3 aromatic rings. The number of carbonyl (C=O) groups excluding carboxylic acids is 1. The molecule has 2 N–H and O–H groups in total. The standard InChI is InChI=1S/C18H15F3N4O3/c1-27-13-8-4-2-6-11(13)16-23-15(24-25-16)10-22-17(26)12-7-3-5-9-14(12)28-18(19,20)21/h2-9H,10H2,1H3,(H,22,26)(H,23,24,25). The van der Waals surface area contributed by atoms with Crippen LogP contribution in [-0.2, 0) is 6.54 Å². The Morgan fingerprint density at radius 3 is 2.50 bits per heavy atom. The summed E-state index contributed by atoms with van der Waals surface area (Å²) >= 11 is 0. The third-order valence-electron chi connectivity index (χ3n) is 3.65. The number of aromatic nitrogens is 3. The number of ether oxygens (including phenoxy) is 2. The van der Waals surface area contributed by atoms with Crippen molar-refractivity contribution in [1.82, 2.24) is 20.5 Å². The second kappa shape index (κ2) is 7.99. The van der Waals surface area contributed by atoms with Crippen molar-refractivity contribution in [2.24, 2.45) is 0 Å². The molecule has 146 valence electrons. The maximum Gasteiger partial charge on any atom is 0.573 e. The number of H-pyrrole nitrogens is 1. The monoisotopic (exact) mass is 392 g/mol. The zero-order valence-corrected chi connectivity index (χ0v) is 14.6. The summed E-state index contributed by atoms with van der Waals surface area (Å²) in [5, 5.41) is 9.23. The molecule has 0 atom stereocenters. The first-order valence-electron chi connectivity index (χ1n) is 8.05. The molecule has 2 aromatic carbocycles. The maximum absolute atomic E-state index is 12.5. The summed E-state index contributed by atoms with van der Waals surface area (Å²) in [7, 11) is 1.52. The zero-order valence-electron chi connectivity index (χ0n) is 14.6. The van der Waals surface area contributed by atoms with E-state index in [2.05, 4.69) is 25.2 Å². The zero-order chi connectivity index (χ0) is 20.1. The Bertz CT molecular complexity index is 972. The number of amides is 1. The van der Waals surface area contributed by atoms with Crippen LogP contribution in [0.3, 0.4) is 0 Å². The molecule has 1 aromatic heterocycles. The Kier molecular flexibility index (Phi) is 5.48. The number of methoxy groups -OCH3 is 1. The van der Waals surface area contributed by atoms with Crippen LogP contribution >= 0.6 is 0 Å². The van der Waals surface area contributed by atoms with Crippen LogP contribution in [0.4, 0.5) is 13.2 Å². The number of benzene rings is 2. The highest BCUT2D eigenvalue weighted by Gasteiger charge is 2.32. The van der Waals surface area contributed by atoms with Crippen molar-refractivity contribution in [3.63, 3.8) is 0 Å². The van der Waals surface area contributed by atoms with Gasteiger partial charge in [-0.25, -0.2) is 4.98 Å². The summed E-state index contributed by atoms with van der Waals surface area (Å²) in [4.78, 5) is 16.5. The van der Waals surface area contributed by atoms with Crippen LogP contribution in [0.5, 0.6) is 11.5 Å². The van der Waals surface area contributed by atoms with Crippen LogP contribution in [0.2, 0.25) is 0 Å². The number of hydrogen-bond acceptors (Lipinski definition) is 5. The van der Waals surface area contributed by atoms with Crippen molar-refractivity contribution in [1.29, 1.82) is 0 Å². The van der Waals surface area contributed by atoms with Gasteiger partial charge in [-0.2, -0.15) is 5.10 Å². The fraction of sp³-hybridized carbons (Fsp3) is 0.167. The minimum absolute atomic E-state index is 0.0681. The number of carbonyl (C=O) groups is 1. The molecule has 0 saturated carbocycles. The van der Waals surface area contributed by atoms with E-state index in [0.29, 0.717) is 23.0 Å². The molecule has 0 aliphatic heterocycles. The first-order chi connectivity index (χ1) is 13.4. The molecule has 0 spiro atoms. The molecule has 28 heavy (non-hydrogen) atoms. The first kappa shape index (κ1) is 19.2. The summed E-state index contributed by atoms with van der Waals surface area (Å²) in [5.41, 5.74) is 0.409. The van der Waals surface area contributed by atoms with E-state index in [0.717, 1.165) is 6.07 Å². The van der Waals surface area contributed by atoms with Crippen LogP contribution in [0, 0.1) is 0 Å². The van der Waals surface area contributed by atoms with Crippen LogP contribution < -0.4 is 14.8 Å². The van der Waals surface area contributed by atoms with E-state index in [1.54, 1.807) is 24.3 Å². The summed E-state index contributed by atoms with van der Waals surface area (Å²) in [5.74, 6) is -0.0591. The smallest absolute Gasteiger partial charge is 0.496 e. The molecule has 0 saturated heterocycles. The van der Waals surface area contributed by atoms with E-state index in [4.69, 9.17) is 4.74 Å². The average molecular weight is 392 g/mol. The summed E-state index contributed by atoms with van der Waals surface area (Å²) in [6.07, 6.45) is -4.90. The molecule has 0 aliphatic rings. The molecule has 0 aliphatic carbocycles. The highest BCUT2D eigenvalue weighted by molar-refractivity contribution is 5.96. The van der Waals surface area contributed by atoms with E-state index in [1.807, 2.05) is 0 Å². The third-order valence-corrected chi connectivity index (χ3v) is 3.65. The van der Waals surface area contributed by atoms with Gasteiger partial charge in [0, 0.05) is 0 Å². The number of para-hydroxylation sites is 2. The molecule has 7 nitrogen and oxygen atoms in total. The van der Waals surface area contributed by atoms with Gasteiger partial charge in [-0.15, -0.1) is 13.2 Å². The van der Waals surface area contributed by atoms with Gasteiger partial charge in [-0.05, 0) is 24.3 Å². The molecule has 10 heteroatoms. The molecule has 1 amide bonds. The Hall–Kier alpha value is -3.56. The van der Waals surface area contributed by atoms with E-state index in [-0.39, 0.29) is 12.1 Å². The second-order valence-electron chi connectivity index (χ2n) is 5.53. The fourth-order valence-corrected chi connectivity index (χ4v) is 2.45. The van der Waals surface area contributed by atoms with Crippen molar-refractivity contribution < 1.29 is 27.4 Å². The predicted octanol–water partition coefficient (Wildman–Crippen LogP) is 3.31. The van der Waals surface area contributed by atoms with Crippen molar-refractivity contribution in [3.05, 3.63) is 59.9 Å². The first-order valence-corrected chi connectivity index (χ1v) is 8.05. The van der Waals surface area contributed by atoms with Crippen LogP contribution in [0.25, 0.3) is 11.4 Å². The van der Waals surface area contributed by atoms with Gasteiger partial charge < -0.3 is 14.8 Å². The SMILES string of the molecule is COc1ccccc1-c1n[nH]c(CNC(=O)c2ccccc2OC(F)(F)F)n1. The molecule has 3 rings (SSSR count). The van der Waals surface area contributed by atoms with Gasteiger partial charge in [-0.1, -0.05) is 24.3 Å². The van der Waals surface area contributed by atoms with Gasteiger partial charge in [0.05, 0.1) is 24.8 Å². The van der Waals surface area contributed by atoms with Crippen LogP contribution in [-0.4, -0.2) is 34.6 Å². The molecule has 0 unspecified atom stereocenters. The lowest BCUT2D eigenvalue weighted by molar-refractivity contribution is -0.274. The van der Waals surface area contributed by atoms with Crippen molar-refractivity contribution in [2.45, 2.75) is 12.9 Å². The Balaban J connectivity index is 1.70. The molecule has 0 bridgehead atoms. The minimum Gasteiger partial charge on any atom is -0.496 e. The van der Waals surface area contributed by atoms with E-state index in [9.17, 15) is 18.0 Å². The summed E-state index contributed by atoms with van der Waals surface area (Å²) < 4.78 is 46.6. The highest BCUT2D eigenvalue weighted by atomic mass is 19.4. The normalized spacial score (nSPS) is 11.1. The Morgan fingerprint density at radius 2 is 1.79 bits per heavy atom. The quantitative estimate of drug-likeness (QED) is 0.672. The number of nitrogens with zero attached hydrogens (tertiary/aromatic N) is 2. The highest BCUT2D eigenvalue weighted by Crippen LogP contribution is 2.27. The van der Waals surface area contributed by atoms with Gasteiger partial charge in [-0.3, -0.25) is 9.89 Å². The number of alkyl halides is 3. The fourth-order valence-electron chi connectivity index (χ4n) is 2.45. The minimum atomic E-state index is -4.90. The molecule has 0 radical (unpaired) electrons. The number of nitrogens with one attached hydrogen (secondary N) is 2. The largest absolute Gasteiger partial charge is 0.573 e. The topological polar surface area (TPSA) is 89.1 Å². The lowest BCUT2D eigenvalue weighted by atomic mass is 10.2. The van der Waals surface area contributed by atoms with Crippen LogP contribution in [0.1, 0.15) is 16.2 Å². The van der Waals surface area contributed by atoms with Crippen molar-refractivity contribution in [3.8, 4) is 22.9 Å². The predicted molar refractivity (Wildman–Crippen MR) is 92.7 cm³/mol. The molecular formula is C18H15F3N4O3. The average Bonchev–Trinajstić information content (AvgIpc) is 3.14. The van der Waals surface area contributed by atoms with E-state index >= 15 is 0 Å². The second-order valence-corrected chi connectivity index (χ2v) is 5.53. The van der Waals surface area contributed by atoms with Gasteiger partial charge in [0.25, 0.3) is 5.91 Å². The molecule has 1 heterocycles. The molecule has 0 fully saturated rings. The van der Waals surface area contributed by atoms with Gasteiger partial charge in [0.1, 0.15) is 17.3 Å². The van der Waals surface area contributed by atoms with Crippen molar-refractivity contribution in [2.75, 3.05) is 7.11 Å². The van der Waals surface area contributed by atoms with Crippen molar-refractivity contribution >= 4 is 5.91 Å². The van der Waals surface area contributed by atoms with E-state index in [1.165, 1.54) is 25.3 Å². The molecular weight excluding hydrogens is 377 g/mol. The Labute approximate surface area is 157 Å². The van der Waals surface area contributed by atoms with Gasteiger partial charge in [0.15, 0.2) is 5.82 Å².